The number of Topliss-reactive ketones (excluding diaryl/α,β-unsaturated/α-hetero) is 1. The highest BCUT2D eigenvalue weighted by atomic mass is 16.6. The number of carbonyl (C=O) groups excluding carboxylic acids is 1. The third kappa shape index (κ3) is 11.5. The van der Waals surface area contributed by atoms with Gasteiger partial charge < -0.3 is 103 Å². The smallest absolute Gasteiger partial charge is 0.238 e. The van der Waals surface area contributed by atoms with Gasteiger partial charge in [-0.3, -0.25) is 14.4 Å². The first-order chi connectivity index (χ1) is 43.1. The van der Waals surface area contributed by atoms with Crippen molar-refractivity contribution in [1.29, 1.82) is 0 Å². The van der Waals surface area contributed by atoms with E-state index in [2.05, 4.69) is 0 Å². The Balaban J connectivity index is 0.000000144. The molecule has 24 nitrogen and oxygen atoms in total. The molecule has 0 saturated heterocycles. The number of phenolic OH excluding ortho intramolecular Hbond substituents is 8. The first-order valence-corrected chi connectivity index (χ1v) is 27.3. The van der Waals surface area contributed by atoms with Crippen LogP contribution in [0.1, 0.15) is 50.9 Å². The molecule has 12 N–H and O–H groups in total. The minimum Gasteiger partial charge on any atom is -0.508 e. The molecule has 8 aromatic carbocycles. The van der Waals surface area contributed by atoms with E-state index in [4.69, 9.17) is 42.0 Å². The van der Waals surface area contributed by atoms with Crippen molar-refractivity contribution in [2.75, 3.05) is 27.4 Å². The molecule has 0 aliphatic carbocycles. The maximum absolute atomic E-state index is 12.7. The van der Waals surface area contributed by atoms with E-state index < -0.39 is 65.1 Å². The van der Waals surface area contributed by atoms with Crippen LogP contribution < -0.4 is 44.0 Å². The van der Waals surface area contributed by atoms with Crippen LogP contribution in [0.2, 0.25) is 0 Å². The minimum atomic E-state index is -1.62. The zero-order chi connectivity index (χ0) is 64.0. The second-order valence-corrected chi connectivity index (χ2v) is 20.8. The fourth-order valence-electron chi connectivity index (χ4n) is 10.4. The average Bonchev–Trinajstić information content (AvgIpc) is 1.06. The number of ketones is 1. The molecule has 0 radical (unpaired) electrons. The fraction of sp³-hybridized carbons (Fsp3) is 0.167. The lowest BCUT2D eigenvalue weighted by Gasteiger charge is -2.35. The number of rotatable bonds is 9. The molecule has 0 saturated carbocycles. The van der Waals surface area contributed by atoms with Crippen LogP contribution in [-0.2, 0) is 0 Å². The number of fused-ring (bicyclic) bond motifs is 5. The number of methoxy groups -OCH3 is 2. The van der Waals surface area contributed by atoms with E-state index in [0.29, 0.717) is 33.9 Å². The molecule has 6 atom stereocenters. The summed E-state index contributed by atoms with van der Waals surface area (Å²) in [7, 11) is 2.82. The molecule has 24 heteroatoms. The second kappa shape index (κ2) is 24.4. The molecule has 3 aliphatic heterocycles. The van der Waals surface area contributed by atoms with Gasteiger partial charge in [-0.25, -0.2) is 0 Å². The number of benzene rings is 8. The van der Waals surface area contributed by atoms with E-state index in [0.717, 1.165) is 35.4 Å². The lowest BCUT2D eigenvalue weighted by molar-refractivity contribution is -0.0130. The van der Waals surface area contributed by atoms with Gasteiger partial charge in [-0.2, -0.15) is 0 Å². The van der Waals surface area contributed by atoms with E-state index in [1.807, 2.05) is 31.2 Å². The Morgan fingerprint density at radius 1 is 0.444 bits per heavy atom. The van der Waals surface area contributed by atoms with Gasteiger partial charge in [0.2, 0.25) is 17.0 Å². The van der Waals surface area contributed by atoms with Crippen LogP contribution in [-0.4, -0.2) is 113 Å². The van der Waals surface area contributed by atoms with Gasteiger partial charge in [-0.1, -0.05) is 48.0 Å². The van der Waals surface area contributed by atoms with Crippen LogP contribution in [0.15, 0.2) is 158 Å². The normalized spacial score (nSPS) is 17.8. The summed E-state index contributed by atoms with van der Waals surface area (Å²) >= 11 is 0. The van der Waals surface area contributed by atoms with Gasteiger partial charge in [0.15, 0.2) is 93.8 Å². The molecule has 0 bridgehead atoms. The molecule has 3 aliphatic rings. The summed E-state index contributed by atoms with van der Waals surface area (Å²) < 4.78 is 51.4. The number of aromatic hydroxyl groups is 9. The highest BCUT2D eigenvalue weighted by Crippen LogP contribution is 2.48. The van der Waals surface area contributed by atoms with Gasteiger partial charge in [0.05, 0.1) is 27.4 Å². The average molecular weight is 1230 g/mol. The van der Waals surface area contributed by atoms with Gasteiger partial charge in [0.25, 0.3) is 0 Å². The summed E-state index contributed by atoms with van der Waals surface area (Å²) in [6.45, 7) is 1.26. The maximum Gasteiger partial charge on any atom is 0.238 e. The summed E-state index contributed by atoms with van der Waals surface area (Å²) in [5.41, 5.74) is 2.26. The Morgan fingerprint density at radius 3 is 1.51 bits per heavy atom. The van der Waals surface area contributed by atoms with Crippen molar-refractivity contribution in [1.82, 2.24) is 0 Å². The van der Waals surface area contributed by atoms with Crippen molar-refractivity contribution in [2.45, 2.75) is 43.5 Å². The van der Waals surface area contributed by atoms with Crippen molar-refractivity contribution in [3.8, 4) is 115 Å². The molecular formula is C66H54O24. The van der Waals surface area contributed by atoms with Crippen molar-refractivity contribution in [3.63, 3.8) is 0 Å². The van der Waals surface area contributed by atoms with Crippen LogP contribution in [0, 0.1) is 6.92 Å². The summed E-state index contributed by atoms with van der Waals surface area (Å²) in [5.74, 6) is -1.94. The lowest BCUT2D eigenvalue weighted by atomic mass is 9.92. The van der Waals surface area contributed by atoms with E-state index in [-0.39, 0.29) is 121 Å². The summed E-state index contributed by atoms with van der Waals surface area (Å²) in [5, 5.41) is 119. The van der Waals surface area contributed by atoms with Gasteiger partial charge in [-0.05, 0) is 67.1 Å². The molecule has 0 spiro atoms. The summed E-state index contributed by atoms with van der Waals surface area (Å²) in [6, 6.07) is 34.1. The van der Waals surface area contributed by atoms with Gasteiger partial charge in [0, 0.05) is 64.7 Å². The molecule has 6 unspecified atom stereocenters. The Bertz CT molecular complexity index is 4550. The Hall–Kier alpha value is -11.5. The van der Waals surface area contributed by atoms with Crippen molar-refractivity contribution >= 4 is 27.7 Å². The first-order valence-electron chi connectivity index (χ1n) is 27.3. The molecule has 0 amide bonds. The highest BCUT2D eigenvalue weighted by Gasteiger charge is 2.41. The molecular weight excluding hydrogens is 1180 g/mol. The fourth-order valence-corrected chi connectivity index (χ4v) is 10.4. The van der Waals surface area contributed by atoms with E-state index in [1.54, 1.807) is 42.5 Å². The molecule has 2 aromatic heterocycles. The lowest BCUT2D eigenvalue weighted by Crippen LogP contribution is -2.37. The van der Waals surface area contributed by atoms with E-state index in [1.165, 1.54) is 62.8 Å². The van der Waals surface area contributed by atoms with E-state index >= 15 is 0 Å². The van der Waals surface area contributed by atoms with Crippen LogP contribution in [0.25, 0.3) is 44.6 Å². The maximum atomic E-state index is 12.7. The van der Waals surface area contributed by atoms with Crippen LogP contribution in [0.4, 0.5) is 0 Å². The zero-order valence-corrected chi connectivity index (χ0v) is 47.4. The number of aliphatic hydroxyl groups is 3. The highest BCUT2D eigenvalue weighted by molar-refractivity contribution is 6.05. The number of carbonyl (C=O) groups is 1. The molecule has 0 fully saturated rings. The molecule has 13 rings (SSSR count). The Kier molecular flexibility index (Phi) is 16.3. The van der Waals surface area contributed by atoms with Crippen LogP contribution in [0.3, 0.4) is 0 Å². The number of aryl methyl sites for hydroxylation is 1. The third-order valence-corrected chi connectivity index (χ3v) is 14.9. The second-order valence-electron chi connectivity index (χ2n) is 20.8. The molecule has 462 valence electrons. The molecule has 10 aromatic rings. The number of ether oxygens (including phenoxy) is 7. The standard InChI is InChI=1S/C25H22O10.C25H20O10.C16H12O4/c2*1-32-17-6-11(2-4-14(17)28)24-20(10-26)33-16-5-3-12(7-18(16)34-24)25-23(31)22(30)21-15(29)8-13(27)9-19(21)35-25;1-9-2-4-10(5-3-9)14-8-13(19)16-12(18)6-11(17)7-15(16)20-14/h2-9,20,23-29,31H,10H2,1H3;2-9,20,24,26-29,31H,10H2,1H3;2-8,17-18H,1H3. The number of phenols is 8. The van der Waals surface area contributed by atoms with Crippen molar-refractivity contribution < 1.29 is 108 Å². The van der Waals surface area contributed by atoms with Gasteiger partial charge in [0.1, 0.15) is 73.5 Å². The number of hydrogen-bond donors (Lipinski definition) is 12. The predicted molar refractivity (Wildman–Crippen MR) is 318 cm³/mol. The van der Waals surface area contributed by atoms with Crippen molar-refractivity contribution in [2.24, 2.45) is 0 Å². The minimum absolute atomic E-state index is 0.0540. The Labute approximate surface area is 507 Å². The molecule has 5 heterocycles. The number of aliphatic hydroxyl groups excluding tert-OH is 3. The summed E-state index contributed by atoms with van der Waals surface area (Å²) in [6.07, 6.45) is -5.82. The largest absolute Gasteiger partial charge is 0.508 e. The van der Waals surface area contributed by atoms with Gasteiger partial charge >= 0.3 is 0 Å². The first kappa shape index (κ1) is 60.2. The van der Waals surface area contributed by atoms with Crippen LogP contribution >= 0.6 is 0 Å². The van der Waals surface area contributed by atoms with Crippen molar-refractivity contribution in [3.05, 3.63) is 188 Å². The quantitative estimate of drug-likeness (QED) is 0.0642. The topological polar surface area (TPSA) is 385 Å². The Morgan fingerprint density at radius 2 is 0.933 bits per heavy atom. The predicted octanol–water partition coefficient (Wildman–Crippen LogP) is 8.71. The van der Waals surface area contributed by atoms with Crippen LogP contribution in [0.5, 0.6) is 92.0 Å². The SMILES string of the molecule is COc1cc(C2Oc3cc(-c4oc5cc(O)cc(O)c5c(=O)c4O)ccc3OC2CO)ccc1O.COc1cc(C2Oc3cc(C4Oc5cc(O)cc(O)c5C(=O)C4O)ccc3OC2CO)ccc1O.Cc1ccc(-c2cc(=O)c3c(O)cc(O)cc3o2)cc1. The zero-order valence-electron chi connectivity index (χ0n) is 47.4. The number of hydrogen-bond acceptors (Lipinski definition) is 24. The third-order valence-electron chi connectivity index (χ3n) is 14.9. The summed E-state index contributed by atoms with van der Waals surface area (Å²) in [4.78, 5) is 37.5. The monoisotopic (exact) mass is 1230 g/mol. The van der Waals surface area contributed by atoms with Gasteiger partial charge in [-0.15, -0.1) is 0 Å². The van der Waals surface area contributed by atoms with E-state index in [9.17, 15) is 75.7 Å². The molecule has 90 heavy (non-hydrogen) atoms.